The van der Waals surface area contributed by atoms with Crippen LogP contribution in [-0.2, 0) is 17.8 Å². The summed E-state index contributed by atoms with van der Waals surface area (Å²) in [5.74, 6) is 2.39. The fraction of sp³-hybridized carbons (Fsp3) is 0.556. The molecule has 0 atom stereocenters. The molecule has 1 amide bonds. The van der Waals surface area contributed by atoms with Crippen LogP contribution in [0.3, 0.4) is 0 Å². The molecule has 7 heteroatoms. The Morgan fingerprint density at radius 1 is 1.36 bits per heavy atom. The van der Waals surface area contributed by atoms with Crippen LogP contribution in [-0.4, -0.2) is 50.9 Å². The van der Waals surface area contributed by atoms with Crippen molar-refractivity contribution in [3.8, 4) is 0 Å². The van der Waals surface area contributed by atoms with Gasteiger partial charge in [0, 0.05) is 43.2 Å². The SMILES string of the molecule is CNC(=O)CCc1cc(C)nc(C2CCN(Cc3ncc[nH]3)CC2)n1. The molecule has 0 saturated carbocycles. The molecule has 0 spiro atoms. The molecule has 0 bridgehead atoms. The highest BCUT2D eigenvalue weighted by Crippen LogP contribution is 2.26. The third-order valence-electron chi connectivity index (χ3n) is 4.69. The van der Waals surface area contributed by atoms with Crippen molar-refractivity contribution in [3.63, 3.8) is 0 Å². The van der Waals surface area contributed by atoms with E-state index in [-0.39, 0.29) is 5.91 Å². The quantitative estimate of drug-likeness (QED) is 0.832. The molecule has 0 radical (unpaired) electrons. The number of aryl methyl sites for hydroxylation is 2. The number of hydrogen-bond donors (Lipinski definition) is 2. The third kappa shape index (κ3) is 4.85. The van der Waals surface area contributed by atoms with Crippen LogP contribution in [0.15, 0.2) is 18.5 Å². The van der Waals surface area contributed by atoms with Crippen molar-refractivity contribution < 1.29 is 4.79 Å². The molecule has 134 valence electrons. The maximum Gasteiger partial charge on any atom is 0.220 e. The number of likely N-dealkylation sites (tertiary alicyclic amines) is 1. The van der Waals surface area contributed by atoms with Crippen LogP contribution in [0.25, 0.3) is 0 Å². The summed E-state index contributed by atoms with van der Waals surface area (Å²) in [7, 11) is 1.66. The minimum absolute atomic E-state index is 0.0454. The number of piperidine rings is 1. The second kappa shape index (κ2) is 8.20. The third-order valence-corrected chi connectivity index (χ3v) is 4.69. The topological polar surface area (TPSA) is 86.8 Å². The lowest BCUT2D eigenvalue weighted by molar-refractivity contribution is -0.120. The van der Waals surface area contributed by atoms with Crippen molar-refractivity contribution in [1.82, 2.24) is 30.2 Å². The van der Waals surface area contributed by atoms with E-state index in [2.05, 4.69) is 25.2 Å². The van der Waals surface area contributed by atoms with Gasteiger partial charge >= 0.3 is 0 Å². The van der Waals surface area contributed by atoms with Gasteiger partial charge in [-0.1, -0.05) is 0 Å². The summed E-state index contributed by atoms with van der Waals surface area (Å²) in [6.07, 6.45) is 6.89. The fourth-order valence-corrected chi connectivity index (χ4v) is 3.28. The van der Waals surface area contributed by atoms with E-state index in [0.717, 1.165) is 55.5 Å². The van der Waals surface area contributed by atoms with Gasteiger partial charge in [-0.15, -0.1) is 0 Å². The first-order valence-corrected chi connectivity index (χ1v) is 8.89. The predicted octanol–water partition coefficient (Wildman–Crippen LogP) is 1.57. The van der Waals surface area contributed by atoms with Gasteiger partial charge in [-0.25, -0.2) is 15.0 Å². The summed E-state index contributed by atoms with van der Waals surface area (Å²) in [6, 6.07) is 1.98. The van der Waals surface area contributed by atoms with Gasteiger partial charge in [0.25, 0.3) is 0 Å². The number of hydrogen-bond acceptors (Lipinski definition) is 5. The number of H-pyrrole nitrogens is 1. The van der Waals surface area contributed by atoms with Gasteiger partial charge < -0.3 is 10.3 Å². The summed E-state index contributed by atoms with van der Waals surface area (Å²) in [5, 5.41) is 2.66. The highest BCUT2D eigenvalue weighted by molar-refractivity contribution is 5.75. The summed E-state index contributed by atoms with van der Waals surface area (Å²) >= 11 is 0. The van der Waals surface area contributed by atoms with Crippen molar-refractivity contribution >= 4 is 5.91 Å². The molecule has 2 aromatic rings. The van der Waals surface area contributed by atoms with Gasteiger partial charge in [-0.2, -0.15) is 0 Å². The van der Waals surface area contributed by atoms with Crippen LogP contribution in [0.1, 0.15) is 48.2 Å². The Morgan fingerprint density at radius 2 is 2.16 bits per heavy atom. The minimum Gasteiger partial charge on any atom is -0.359 e. The summed E-state index contributed by atoms with van der Waals surface area (Å²) in [4.78, 5) is 30.7. The van der Waals surface area contributed by atoms with Gasteiger partial charge in [-0.05, 0) is 45.3 Å². The van der Waals surface area contributed by atoms with Crippen LogP contribution >= 0.6 is 0 Å². The second-order valence-corrected chi connectivity index (χ2v) is 6.62. The minimum atomic E-state index is 0.0454. The molecular formula is C18H26N6O. The second-order valence-electron chi connectivity index (χ2n) is 6.62. The molecule has 3 heterocycles. The molecule has 2 N–H and O–H groups in total. The van der Waals surface area contributed by atoms with Crippen molar-refractivity contribution in [3.05, 3.63) is 41.5 Å². The van der Waals surface area contributed by atoms with Crippen LogP contribution in [0.2, 0.25) is 0 Å². The maximum atomic E-state index is 11.5. The molecule has 1 saturated heterocycles. The largest absolute Gasteiger partial charge is 0.359 e. The Balaban J connectivity index is 1.58. The molecule has 1 aliphatic rings. The van der Waals surface area contributed by atoms with Gasteiger partial charge in [0.15, 0.2) is 0 Å². The van der Waals surface area contributed by atoms with Gasteiger partial charge in [0.1, 0.15) is 11.6 Å². The normalized spacial score (nSPS) is 16.1. The van der Waals surface area contributed by atoms with Crippen LogP contribution < -0.4 is 5.32 Å². The lowest BCUT2D eigenvalue weighted by Gasteiger charge is -2.30. The van der Waals surface area contributed by atoms with Crippen molar-refractivity contribution in [2.45, 2.75) is 45.1 Å². The number of imidazole rings is 1. The van der Waals surface area contributed by atoms with Gasteiger partial charge in [-0.3, -0.25) is 9.69 Å². The number of nitrogens with one attached hydrogen (secondary N) is 2. The Bertz CT molecular complexity index is 692. The molecule has 1 fully saturated rings. The molecule has 0 unspecified atom stereocenters. The molecule has 2 aromatic heterocycles. The molecule has 0 aliphatic carbocycles. The van der Waals surface area contributed by atoms with Crippen LogP contribution in [0, 0.1) is 6.92 Å². The number of carbonyl (C=O) groups excluding carboxylic acids is 1. The smallest absolute Gasteiger partial charge is 0.220 e. The zero-order chi connectivity index (χ0) is 17.6. The number of carbonyl (C=O) groups is 1. The van der Waals surface area contributed by atoms with E-state index in [1.54, 1.807) is 13.2 Å². The predicted molar refractivity (Wildman–Crippen MR) is 95.0 cm³/mol. The van der Waals surface area contributed by atoms with Gasteiger partial charge in [0.05, 0.1) is 6.54 Å². The number of amides is 1. The first-order chi connectivity index (χ1) is 12.1. The lowest BCUT2D eigenvalue weighted by Crippen LogP contribution is -2.33. The number of nitrogens with zero attached hydrogens (tertiary/aromatic N) is 4. The van der Waals surface area contributed by atoms with E-state index in [4.69, 9.17) is 4.98 Å². The Labute approximate surface area is 148 Å². The Hall–Kier alpha value is -2.28. The highest BCUT2D eigenvalue weighted by atomic mass is 16.1. The molecule has 0 aromatic carbocycles. The first-order valence-electron chi connectivity index (χ1n) is 8.89. The molecule has 7 nitrogen and oxygen atoms in total. The van der Waals surface area contributed by atoms with Crippen molar-refractivity contribution in [1.29, 1.82) is 0 Å². The highest BCUT2D eigenvalue weighted by Gasteiger charge is 2.23. The van der Waals surface area contributed by atoms with E-state index in [0.29, 0.717) is 18.8 Å². The standard InChI is InChI=1S/C18H26N6O/c1-13-11-15(3-4-17(25)19-2)23-18(22-13)14-5-9-24(10-6-14)12-16-20-7-8-21-16/h7-8,11,14H,3-6,9-10,12H2,1-2H3,(H,19,25)(H,20,21). The lowest BCUT2D eigenvalue weighted by atomic mass is 9.95. The van der Waals surface area contributed by atoms with Gasteiger partial charge in [0.2, 0.25) is 5.91 Å². The number of aromatic nitrogens is 4. The molecule has 1 aliphatic heterocycles. The van der Waals surface area contributed by atoms with E-state index in [1.165, 1.54) is 0 Å². The average molecular weight is 342 g/mol. The van der Waals surface area contributed by atoms with E-state index in [9.17, 15) is 4.79 Å². The summed E-state index contributed by atoms with van der Waals surface area (Å²) < 4.78 is 0. The van der Waals surface area contributed by atoms with E-state index >= 15 is 0 Å². The fourth-order valence-electron chi connectivity index (χ4n) is 3.28. The van der Waals surface area contributed by atoms with E-state index < -0.39 is 0 Å². The zero-order valence-electron chi connectivity index (χ0n) is 15.0. The monoisotopic (exact) mass is 342 g/mol. The number of aromatic amines is 1. The maximum absolute atomic E-state index is 11.5. The molecular weight excluding hydrogens is 316 g/mol. The summed E-state index contributed by atoms with van der Waals surface area (Å²) in [5.41, 5.74) is 1.94. The van der Waals surface area contributed by atoms with E-state index in [1.807, 2.05) is 19.2 Å². The first kappa shape index (κ1) is 17.5. The van der Waals surface area contributed by atoms with Crippen LogP contribution in [0.5, 0.6) is 0 Å². The van der Waals surface area contributed by atoms with Crippen molar-refractivity contribution in [2.75, 3.05) is 20.1 Å². The summed E-state index contributed by atoms with van der Waals surface area (Å²) in [6.45, 7) is 4.92. The zero-order valence-corrected chi connectivity index (χ0v) is 15.0. The molecule has 3 rings (SSSR count). The van der Waals surface area contributed by atoms with Crippen LogP contribution in [0.4, 0.5) is 0 Å². The Kier molecular flexibility index (Phi) is 5.75. The number of rotatable bonds is 6. The Morgan fingerprint density at radius 3 is 2.84 bits per heavy atom. The average Bonchev–Trinajstić information content (AvgIpc) is 3.13. The van der Waals surface area contributed by atoms with Crippen molar-refractivity contribution in [2.24, 2.45) is 0 Å². The molecule has 25 heavy (non-hydrogen) atoms.